The van der Waals surface area contributed by atoms with Crippen molar-refractivity contribution in [2.45, 2.75) is 13.3 Å². The van der Waals surface area contributed by atoms with Crippen molar-refractivity contribution in [1.29, 1.82) is 0 Å². The summed E-state index contributed by atoms with van der Waals surface area (Å²) < 4.78 is 0. The minimum Gasteiger partial charge on any atom is -0.338 e. The number of urea groups is 1. The number of nitrogens with zero attached hydrogens (tertiary/aromatic N) is 4. The molecule has 1 saturated heterocycles. The van der Waals surface area contributed by atoms with Crippen LogP contribution in [-0.4, -0.2) is 60.2 Å². The molecular formula is C19H26N6O. The fraction of sp³-hybridized carbons (Fsp3) is 0.421. The molecule has 0 unspecified atom stereocenters. The predicted octanol–water partition coefficient (Wildman–Crippen LogP) is 2.12. The van der Waals surface area contributed by atoms with Gasteiger partial charge in [0.05, 0.1) is 0 Å². The first kappa shape index (κ1) is 18.1. The number of carbonyl (C=O) groups is 1. The zero-order chi connectivity index (χ0) is 18.2. The molecule has 7 heteroatoms. The number of hydrogen-bond donors (Lipinski definition) is 2. The maximum atomic E-state index is 11.9. The van der Waals surface area contributed by atoms with E-state index in [1.807, 2.05) is 37.3 Å². The second-order valence-corrected chi connectivity index (χ2v) is 6.48. The number of aryl methyl sites for hydroxylation is 1. The van der Waals surface area contributed by atoms with E-state index >= 15 is 0 Å². The molecule has 2 N–H and O–H groups in total. The fourth-order valence-corrected chi connectivity index (χ4v) is 2.94. The minimum absolute atomic E-state index is 0.153. The molecule has 7 nitrogen and oxygen atoms in total. The first-order valence-electron chi connectivity index (χ1n) is 9.06. The lowest BCUT2D eigenvalue weighted by Gasteiger charge is -2.34. The Morgan fingerprint density at radius 1 is 1.08 bits per heavy atom. The number of piperazine rings is 1. The summed E-state index contributed by atoms with van der Waals surface area (Å²) in [5, 5.41) is 5.76. The van der Waals surface area contributed by atoms with Crippen LogP contribution in [0.15, 0.2) is 42.7 Å². The largest absolute Gasteiger partial charge is 0.338 e. The van der Waals surface area contributed by atoms with Gasteiger partial charge in [-0.2, -0.15) is 0 Å². The average molecular weight is 354 g/mol. The summed E-state index contributed by atoms with van der Waals surface area (Å²) in [4.78, 5) is 25.1. The maximum absolute atomic E-state index is 11.9. The Morgan fingerprint density at radius 2 is 1.77 bits per heavy atom. The van der Waals surface area contributed by atoms with Crippen molar-refractivity contribution >= 4 is 17.7 Å². The highest BCUT2D eigenvalue weighted by molar-refractivity contribution is 5.89. The van der Waals surface area contributed by atoms with Crippen LogP contribution in [0.3, 0.4) is 0 Å². The molecule has 3 rings (SSSR count). The van der Waals surface area contributed by atoms with Crippen molar-refractivity contribution in [1.82, 2.24) is 20.2 Å². The Balaban J connectivity index is 1.30. The van der Waals surface area contributed by atoms with Gasteiger partial charge in [0.25, 0.3) is 0 Å². The second-order valence-electron chi connectivity index (χ2n) is 6.48. The van der Waals surface area contributed by atoms with Gasteiger partial charge in [0.15, 0.2) is 0 Å². The van der Waals surface area contributed by atoms with E-state index in [4.69, 9.17) is 0 Å². The predicted molar refractivity (Wildman–Crippen MR) is 104 cm³/mol. The molecule has 0 bridgehead atoms. The average Bonchev–Trinajstić information content (AvgIpc) is 2.68. The van der Waals surface area contributed by atoms with Gasteiger partial charge in [-0.15, -0.1) is 0 Å². The molecule has 0 radical (unpaired) electrons. The lowest BCUT2D eigenvalue weighted by Crippen LogP contribution is -2.47. The van der Waals surface area contributed by atoms with Crippen LogP contribution in [0.2, 0.25) is 0 Å². The first-order valence-corrected chi connectivity index (χ1v) is 9.06. The summed E-state index contributed by atoms with van der Waals surface area (Å²) in [5.41, 5.74) is 1.99. The number of amides is 2. The summed E-state index contributed by atoms with van der Waals surface area (Å²) in [5.74, 6) is 0.807. The first-order chi connectivity index (χ1) is 12.7. The normalized spacial score (nSPS) is 14.9. The smallest absolute Gasteiger partial charge is 0.319 e. The van der Waals surface area contributed by atoms with E-state index in [1.54, 1.807) is 12.4 Å². The van der Waals surface area contributed by atoms with Crippen LogP contribution < -0.4 is 15.5 Å². The van der Waals surface area contributed by atoms with Crippen molar-refractivity contribution in [2.24, 2.45) is 0 Å². The number of hydrogen-bond acceptors (Lipinski definition) is 5. The van der Waals surface area contributed by atoms with Crippen LogP contribution in [0, 0.1) is 6.92 Å². The van der Waals surface area contributed by atoms with Gasteiger partial charge in [0.1, 0.15) is 0 Å². The molecule has 1 aromatic heterocycles. The Morgan fingerprint density at radius 3 is 2.46 bits per heavy atom. The monoisotopic (exact) mass is 354 g/mol. The molecule has 0 saturated carbocycles. The highest BCUT2D eigenvalue weighted by Gasteiger charge is 2.18. The number of carbonyl (C=O) groups excluding carboxylic acids is 1. The number of anilines is 2. The van der Waals surface area contributed by atoms with Gasteiger partial charge in [0.2, 0.25) is 5.95 Å². The quantitative estimate of drug-likeness (QED) is 0.778. The van der Waals surface area contributed by atoms with Crippen LogP contribution in [0.25, 0.3) is 0 Å². The van der Waals surface area contributed by atoms with E-state index in [9.17, 15) is 4.79 Å². The van der Waals surface area contributed by atoms with Gasteiger partial charge in [-0.05, 0) is 38.1 Å². The van der Waals surface area contributed by atoms with Crippen molar-refractivity contribution in [3.8, 4) is 0 Å². The molecule has 1 aliphatic rings. The van der Waals surface area contributed by atoms with Crippen LogP contribution in [0.4, 0.5) is 16.4 Å². The molecule has 0 spiro atoms. The summed E-state index contributed by atoms with van der Waals surface area (Å²) in [6.07, 6.45) is 4.49. The molecule has 26 heavy (non-hydrogen) atoms. The molecule has 2 heterocycles. The van der Waals surface area contributed by atoms with E-state index in [-0.39, 0.29) is 6.03 Å². The molecule has 138 valence electrons. The minimum atomic E-state index is -0.153. The van der Waals surface area contributed by atoms with Crippen molar-refractivity contribution in [3.05, 3.63) is 48.3 Å². The summed E-state index contributed by atoms with van der Waals surface area (Å²) >= 11 is 0. The molecule has 1 aliphatic heterocycles. The van der Waals surface area contributed by atoms with E-state index in [2.05, 4.69) is 30.4 Å². The zero-order valence-corrected chi connectivity index (χ0v) is 15.2. The topological polar surface area (TPSA) is 73.4 Å². The Labute approximate surface area is 154 Å². The van der Waals surface area contributed by atoms with E-state index in [1.165, 1.54) is 5.56 Å². The molecule has 0 aliphatic carbocycles. The number of rotatable bonds is 6. The van der Waals surface area contributed by atoms with Crippen molar-refractivity contribution in [2.75, 3.05) is 49.5 Å². The lowest BCUT2D eigenvalue weighted by atomic mass is 10.2. The zero-order valence-electron chi connectivity index (χ0n) is 15.2. The maximum Gasteiger partial charge on any atom is 0.319 e. The van der Waals surface area contributed by atoms with Gasteiger partial charge in [-0.1, -0.05) is 17.7 Å². The van der Waals surface area contributed by atoms with Gasteiger partial charge in [-0.25, -0.2) is 14.8 Å². The van der Waals surface area contributed by atoms with Gasteiger partial charge < -0.3 is 15.5 Å². The Hall–Kier alpha value is -2.67. The van der Waals surface area contributed by atoms with E-state index < -0.39 is 0 Å². The SMILES string of the molecule is Cc1ccc(NC(=O)NCCCN2CCN(c3ncccn3)CC2)cc1. The molecule has 0 atom stereocenters. The fourth-order valence-electron chi connectivity index (χ4n) is 2.94. The van der Waals surface area contributed by atoms with Gasteiger partial charge in [-0.3, -0.25) is 4.90 Å². The second kappa shape index (κ2) is 9.15. The third-order valence-corrected chi connectivity index (χ3v) is 4.45. The van der Waals surface area contributed by atoms with E-state index in [0.29, 0.717) is 6.54 Å². The lowest BCUT2D eigenvalue weighted by molar-refractivity contribution is 0.244. The Kier molecular flexibility index (Phi) is 6.38. The third-order valence-electron chi connectivity index (χ3n) is 4.45. The summed E-state index contributed by atoms with van der Waals surface area (Å²) in [6.45, 7) is 7.53. The van der Waals surface area contributed by atoms with Crippen molar-refractivity contribution in [3.63, 3.8) is 0 Å². The van der Waals surface area contributed by atoms with E-state index in [0.717, 1.165) is 50.8 Å². The van der Waals surface area contributed by atoms with Crippen LogP contribution in [-0.2, 0) is 0 Å². The number of benzene rings is 1. The summed E-state index contributed by atoms with van der Waals surface area (Å²) in [6, 6.07) is 9.46. The van der Waals surface area contributed by atoms with Crippen molar-refractivity contribution < 1.29 is 4.79 Å². The van der Waals surface area contributed by atoms with Gasteiger partial charge >= 0.3 is 6.03 Å². The standard InChI is InChI=1S/C19H26N6O/c1-16-4-6-17(7-5-16)23-19(26)22-10-3-11-24-12-14-25(15-13-24)18-20-8-2-9-21-18/h2,4-9H,3,10-15H2,1H3,(H2,22,23,26). The Bertz CT molecular complexity index is 683. The molecule has 2 amide bonds. The highest BCUT2D eigenvalue weighted by Crippen LogP contribution is 2.10. The highest BCUT2D eigenvalue weighted by atomic mass is 16.2. The number of aromatic nitrogens is 2. The molecular weight excluding hydrogens is 328 g/mol. The summed E-state index contributed by atoms with van der Waals surface area (Å²) in [7, 11) is 0. The third kappa shape index (κ3) is 5.42. The van der Waals surface area contributed by atoms with Gasteiger partial charge in [0, 0.05) is 50.8 Å². The van der Waals surface area contributed by atoms with Crippen LogP contribution >= 0.6 is 0 Å². The van der Waals surface area contributed by atoms with Crippen LogP contribution in [0.1, 0.15) is 12.0 Å². The molecule has 1 aromatic carbocycles. The molecule has 2 aromatic rings. The number of nitrogens with one attached hydrogen (secondary N) is 2. The molecule has 1 fully saturated rings. The van der Waals surface area contributed by atoms with Crippen LogP contribution in [0.5, 0.6) is 0 Å².